The molecule has 1 nitrogen and oxygen atoms in total. The zero-order valence-electron chi connectivity index (χ0n) is 8.82. The number of hydrogen-bond acceptors (Lipinski definition) is 1. The van der Waals surface area contributed by atoms with E-state index in [-0.39, 0.29) is 0 Å². The molecule has 78 valence electrons. The summed E-state index contributed by atoms with van der Waals surface area (Å²) in [5.41, 5.74) is 1.03. The topological polar surface area (TPSA) is 17.1 Å². The number of carbonyl (C=O) groups excluding carboxylic acids is 1. The molecule has 15 heavy (non-hydrogen) atoms. The van der Waals surface area contributed by atoms with Crippen molar-refractivity contribution in [1.82, 2.24) is 0 Å². The third-order valence-electron chi connectivity index (χ3n) is 2.63. The molecule has 1 aromatic rings. The maximum atomic E-state index is 11.5. The molecule has 1 aliphatic carbocycles. The van der Waals surface area contributed by atoms with Crippen LogP contribution in [0.5, 0.6) is 0 Å². The summed E-state index contributed by atoms with van der Waals surface area (Å²) >= 11 is 0.349. The second-order valence-electron chi connectivity index (χ2n) is 3.74. The Kier molecular flexibility index (Phi) is 3.40. The van der Waals surface area contributed by atoms with Crippen molar-refractivity contribution in [1.29, 1.82) is 0 Å². The summed E-state index contributed by atoms with van der Waals surface area (Å²) in [5.74, 6) is 0.356. The normalized spacial score (nSPS) is 17.0. The van der Waals surface area contributed by atoms with Crippen LogP contribution in [0.3, 0.4) is 0 Å². The first-order valence-electron chi connectivity index (χ1n) is 5.23. The van der Waals surface area contributed by atoms with Crippen LogP contribution in [0, 0.1) is 0 Å². The number of benzene rings is 1. The van der Waals surface area contributed by atoms with Gasteiger partial charge in [-0.3, -0.25) is 0 Å². The average molecular weight is 265 g/mol. The molecule has 0 aromatic heterocycles. The number of rotatable bonds is 2. The molecule has 0 amide bonds. The molecule has 0 unspecified atom stereocenters. The van der Waals surface area contributed by atoms with E-state index in [0.29, 0.717) is 20.7 Å². The molecule has 0 radical (unpaired) electrons. The van der Waals surface area contributed by atoms with E-state index < -0.39 is 0 Å². The summed E-state index contributed by atoms with van der Waals surface area (Å²) in [5, 5.41) is 0. The van der Waals surface area contributed by atoms with E-state index in [1.165, 1.54) is 8.93 Å². The van der Waals surface area contributed by atoms with Gasteiger partial charge in [-0.1, -0.05) is 0 Å². The molecule has 0 saturated heterocycles. The SMILES string of the molecule is CC1=C([Se]c2ccccc2)CCCC1=O. The number of allylic oxidation sites excluding steroid dienone is 2. The average Bonchev–Trinajstić information content (AvgIpc) is 2.26. The van der Waals surface area contributed by atoms with E-state index in [0.717, 1.165) is 24.8 Å². The van der Waals surface area contributed by atoms with Crippen LogP contribution in [0.4, 0.5) is 0 Å². The van der Waals surface area contributed by atoms with Gasteiger partial charge in [-0.25, -0.2) is 0 Å². The summed E-state index contributed by atoms with van der Waals surface area (Å²) in [6.07, 6.45) is 2.91. The predicted molar refractivity (Wildman–Crippen MR) is 63.4 cm³/mol. The van der Waals surface area contributed by atoms with Gasteiger partial charge < -0.3 is 0 Å². The van der Waals surface area contributed by atoms with E-state index in [1.807, 2.05) is 13.0 Å². The standard InChI is InChI=1S/C13H14OSe/c1-10-12(14)8-5-9-13(10)15-11-6-3-2-4-7-11/h2-4,6-7H,5,8-9H2,1H3. The summed E-state index contributed by atoms with van der Waals surface area (Å²) in [7, 11) is 0. The first-order chi connectivity index (χ1) is 7.27. The summed E-state index contributed by atoms with van der Waals surface area (Å²) in [4.78, 5) is 11.5. The molecule has 0 atom stereocenters. The molecule has 0 fully saturated rings. The second-order valence-corrected chi connectivity index (χ2v) is 6.19. The number of ketones is 1. The molecule has 0 aliphatic heterocycles. The zero-order valence-corrected chi connectivity index (χ0v) is 10.5. The fourth-order valence-corrected chi connectivity index (χ4v) is 3.99. The van der Waals surface area contributed by atoms with Crippen LogP contribution < -0.4 is 4.46 Å². The van der Waals surface area contributed by atoms with E-state index in [4.69, 9.17) is 0 Å². The minimum absolute atomic E-state index is 0.349. The molecule has 0 bridgehead atoms. The molecule has 0 N–H and O–H groups in total. The van der Waals surface area contributed by atoms with Crippen LogP contribution >= 0.6 is 0 Å². The van der Waals surface area contributed by atoms with Crippen LogP contribution in [0.2, 0.25) is 0 Å². The molecule has 2 heteroatoms. The van der Waals surface area contributed by atoms with Crippen LogP contribution in [-0.4, -0.2) is 20.7 Å². The molecular formula is C13H14OSe. The molecule has 2 rings (SSSR count). The second kappa shape index (κ2) is 4.78. The molecule has 0 heterocycles. The fraction of sp³-hybridized carbons (Fsp3) is 0.308. The van der Waals surface area contributed by atoms with Crippen molar-refractivity contribution < 1.29 is 4.79 Å². The fourth-order valence-electron chi connectivity index (χ4n) is 1.70. The minimum atomic E-state index is 0.349. The van der Waals surface area contributed by atoms with Crippen molar-refractivity contribution in [3.63, 3.8) is 0 Å². The quantitative estimate of drug-likeness (QED) is 0.748. The Bertz CT molecular complexity index is 392. The van der Waals surface area contributed by atoms with Gasteiger partial charge in [-0.15, -0.1) is 0 Å². The number of hydrogen-bond donors (Lipinski definition) is 0. The van der Waals surface area contributed by atoms with Crippen LogP contribution in [0.25, 0.3) is 0 Å². The Morgan fingerprint density at radius 1 is 1.13 bits per heavy atom. The van der Waals surface area contributed by atoms with Crippen molar-refractivity contribution >= 4 is 25.2 Å². The summed E-state index contributed by atoms with van der Waals surface area (Å²) in [6, 6.07) is 10.5. The van der Waals surface area contributed by atoms with Gasteiger partial charge >= 0.3 is 96.6 Å². The molecular weight excluding hydrogens is 251 g/mol. The van der Waals surface area contributed by atoms with Crippen LogP contribution in [0.15, 0.2) is 40.4 Å². The monoisotopic (exact) mass is 266 g/mol. The van der Waals surface area contributed by atoms with Crippen molar-refractivity contribution in [3.8, 4) is 0 Å². The van der Waals surface area contributed by atoms with Crippen molar-refractivity contribution in [2.75, 3.05) is 0 Å². The van der Waals surface area contributed by atoms with E-state index >= 15 is 0 Å². The Balaban J connectivity index is 2.18. The predicted octanol–water partition coefficient (Wildman–Crippen LogP) is 2.04. The first-order valence-corrected chi connectivity index (χ1v) is 6.94. The third kappa shape index (κ3) is 2.58. The van der Waals surface area contributed by atoms with Gasteiger partial charge in [0.25, 0.3) is 0 Å². The van der Waals surface area contributed by atoms with Gasteiger partial charge in [-0.2, -0.15) is 0 Å². The Morgan fingerprint density at radius 2 is 1.87 bits per heavy atom. The van der Waals surface area contributed by atoms with Crippen molar-refractivity contribution in [3.05, 3.63) is 40.4 Å². The maximum absolute atomic E-state index is 11.5. The van der Waals surface area contributed by atoms with Gasteiger partial charge in [0.2, 0.25) is 0 Å². The van der Waals surface area contributed by atoms with Gasteiger partial charge in [-0.05, 0) is 0 Å². The van der Waals surface area contributed by atoms with E-state index in [1.54, 1.807) is 0 Å². The van der Waals surface area contributed by atoms with Gasteiger partial charge in [0.05, 0.1) is 0 Å². The Morgan fingerprint density at radius 3 is 2.60 bits per heavy atom. The molecule has 1 aliphatic rings. The molecule has 0 spiro atoms. The molecule has 0 saturated carbocycles. The number of Topliss-reactive ketones (excluding diaryl/α,β-unsaturated/α-hetero) is 1. The molecule has 1 aromatic carbocycles. The van der Waals surface area contributed by atoms with Gasteiger partial charge in [0.1, 0.15) is 0 Å². The Labute approximate surface area is 96.7 Å². The first kappa shape index (κ1) is 10.7. The number of carbonyl (C=O) groups is 1. The van der Waals surface area contributed by atoms with E-state index in [9.17, 15) is 4.79 Å². The summed E-state index contributed by atoms with van der Waals surface area (Å²) in [6.45, 7) is 1.99. The zero-order chi connectivity index (χ0) is 10.7. The van der Waals surface area contributed by atoms with Crippen molar-refractivity contribution in [2.45, 2.75) is 26.2 Å². The Hall–Kier alpha value is -0.851. The van der Waals surface area contributed by atoms with E-state index in [2.05, 4.69) is 24.3 Å². The van der Waals surface area contributed by atoms with Crippen LogP contribution in [0.1, 0.15) is 26.2 Å². The van der Waals surface area contributed by atoms with Gasteiger partial charge in [0, 0.05) is 0 Å². The summed E-state index contributed by atoms with van der Waals surface area (Å²) < 4.78 is 2.76. The van der Waals surface area contributed by atoms with Gasteiger partial charge in [0.15, 0.2) is 0 Å². The third-order valence-corrected chi connectivity index (χ3v) is 5.28. The van der Waals surface area contributed by atoms with Crippen molar-refractivity contribution in [2.24, 2.45) is 0 Å². The van der Waals surface area contributed by atoms with Crippen LogP contribution in [-0.2, 0) is 4.79 Å².